The van der Waals surface area contributed by atoms with Gasteiger partial charge in [0.2, 0.25) is 5.89 Å². The second kappa shape index (κ2) is 7.69. The van der Waals surface area contributed by atoms with E-state index in [9.17, 15) is 4.79 Å². The Balaban J connectivity index is 1.51. The number of hydrogen-bond donors (Lipinski definition) is 1. The average molecular weight is 359 g/mol. The van der Waals surface area contributed by atoms with Crippen molar-refractivity contribution < 1.29 is 9.21 Å². The Bertz CT molecular complexity index is 747. The summed E-state index contributed by atoms with van der Waals surface area (Å²) >= 11 is 0. The number of nitrogens with zero attached hydrogens (tertiary/aromatic N) is 6. The van der Waals surface area contributed by atoms with Gasteiger partial charge in [0, 0.05) is 46.3 Å². The van der Waals surface area contributed by atoms with Crippen LogP contribution in [0.25, 0.3) is 0 Å². The smallest absolute Gasteiger partial charge is 0.323 e. The predicted molar refractivity (Wildman–Crippen MR) is 98.2 cm³/mol. The molecule has 0 spiro atoms. The number of anilines is 2. The van der Waals surface area contributed by atoms with Gasteiger partial charge in [-0.25, -0.2) is 19.7 Å². The van der Waals surface area contributed by atoms with Crippen LogP contribution < -0.4 is 10.2 Å². The van der Waals surface area contributed by atoms with Crippen LogP contribution >= 0.6 is 0 Å². The molecule has 3 heterocycles. The maximum atomic E-state index is 12.5. The molecule has 0 aliphatic carbocycles. The number of urea groups is 1. The SMILES string of the molecule is Cc1nc(CN2CCN(C(=O)Nc3cc(N(C)C)ncn3)CC2)oc1C. The summed E-state index contributed by atoms with van der Waals surface area (Å²) in [6.45, 7) is 7.39. The Hall–Kier alpha value is -2.68. The zero-order valence-corrected chi connectivity index (χ0v) is 15.7. The first-order valence-corrected chi connectivity index (χ1v) is 8.63. The molecule has 0 bridgehead atoms. The van der Waals surface area contributed by atoms with Crippen molar-refractivity contribution in [2.45, 2.75) is 20.4 Å². The Morgan fingerprint density at radius 3 is 2.58 bits per heavy atom. The predicted octanol–water partition coefficient (Wildman–Crippen LogP) is 1.50. The summed E-state index contributed by atoms with van der Waals surface area (Å²) < 4.78 is 5.64. The van der Waals surface area contributed by atoms with E-state index < -0.39 is 0 Å². The number of aromatic nitrogens is 3. The number of carbonyl (C=O) groups is 1. The fourth-order valence-corrected chi connectivity index (χ4v) is 2.76. The van der Waals surface area contributed by atoms with Crippen LogP contribution in [0.4, 0.5) is 16.4 Å². The number of rotatable bonds is 4. The summed E-state index contributed by atoms with van der Waals surface area (Å²) in [5, 5.41) is 2.84. The minimum atomic E-state index is -0.143. The zero-order valence-electron chi connectivity index (χ0n) is 15.7. The summed E-state index contributed by atoms with van der Waals surface area (Å²) in [7, 11) is 3.79. The third kappa shape index (κ3) is 4.29. The summed E-state index contributed by atoms with van der Waals surface area (Å²) in [4.78, 5) is 31.0. The van der Waals surface area contributed by atoms with Crippen LogP contribution in [0.15, 0.2) is 16.8 Å². The Kier molecular flexibility index (Phi) is 5.36. The molecule has 0 unspecified atom stereocenters. The van der Waals surface area contributed by atoms with Crippen molar-refractivity contribution in [2.24, 2.45) is 0 Å². The van der Waals surface area contributed by atoms with Crippen LogP contribution in [0, 0.1) is 13.8 Å². The molecule has 9 nitrogen and oxygen atoms in total. The molecule has 9 heteroatoms. The highest BCUT2D eigenvalue weighted by atomic mass is 16.4. The normalized spacial score (nSPS) is 15.2. The summed E-state index contributed by atoms with van der Waals surface area (Å²) in [6.07, 6.45) is 1.45. The van der Waals surface area contributed by atoms with E-state index in [2.05, 4.69) is 25.2 Å². The number of carbonyl (C=O) groups excluding carboxylic acids is 1. The van der Waals surface area contributed by atoms with Crippen molar-refractivity contribution in [3.8, 4) is 0 Å². The number of aryl methyl sites for hydroxylation is 2. The van der Waals surface area contributed by atoms with Gasteiger partial charge in [-0.2, -0.15) is 0 Å². The van der Waals surface area contributed by atoms with Crippen molar-refractivity contribution in [3.05, 3.63) is 29.7 Å². The van der Waals surface area contributed by atoms with Crippen molar-refractivity contribution >= 4 is 17.7 Å². The lowest BCUT2D eigenvalue weighted by Crippen LogP contribution is -2.49. The quantitative estimate of drug-likeness (QED) is 0.884. The van der Waals surface area contributed by atoms with E-state index in [0.29, 0.717) is 25.5 Å². The molecule has 140 valence electrons. The topological polar surface area (TPSA) is 90.6 Å². The molecule has 2 amide bonds. The Morgan fingerprint density at radius 2 is 1.96 bits per heavy atom. The van der Waals surface area contributed by atoms with Crippen LogP contribution in [0.1, 0.15) is 17.3 Å². The fourth-order valence-electron chi connectivity index (χ4n) is 2.76. The molecule has 3 rings (SSSR count). The molecular formula is C17H25N7O2. The maximum absolute atomic E-state index is 12.5. The average Bonchev–Trinajstić information content (AvgIpc) is 2.93. The summed E-state index contributed by atoms with van der Waals surface area (Å²) in [6, 6.07) is 1.61. The first-order chi connectivity index (χ1) is 12.4. The number of piperazine rings is 1. The molecule has 0 aromatic carbocycles. The Morgan fingerprint density at radius 1 is 1.23 bits per heavy atom. The highest BCUT2D eigenvalue weighted by molar-refractivity contribution is 5.88. The molecule has 1 aliphatic heterocycles. The molecule has 1 aliphatic rings. The van der Waals surface area contributed by atoms with E-state index in [0.717, 1.165) is 36.3 Å². The third-order valence-electron chi connectivity index (χ3n) is 4.44. The maximum Gasteiger partial charge on any atom is 0.323 e. The van der Waals surface area contributed by atoms with Crippen LogP contribution in [0.2, 0.25) is 0 Å². The molecule has 26 heavy (non-hydrogen) atoms. The number of hydrogen-bond acceptors (Lipinski definition) is 7. The minimum absolute atomic E-state index is 0.143. The van der Waals surface area contributed by atoms with E-state index in [1.807, 2.05) is 32.8 Å². The van der Waals surface area contributed by atoms with Crippen molar-refractivity contribution in [1.29, 1.82) is 0 Å². The van der Waals surface area contributed by atoms with Gasteiger partial charge in [-0.1, -0.05) is 0 Å². The second-order valence-corrected chi connectivity index (χ2v) is 6.60. The van der Waals surface area contributed by atoms with Gasteiger partial charge in [-0.15, -0.1) is 0 Å². The highest BCUT2D eigenvalue weighted by Crippen LogP contribution is 2.14. The number of nitrogens with one attached hydrogen (secondary N) is 1. The molecule has 0 saturated carbocycles. The first kappa shape index (κ1) is 18.1. The summed E-state index contributed by atoms with van der Waals surface area (Å²) in [5.74, 6) is 2.84. The lowest BCUT2D eigenvalue weighted by atomic mass is 10.3. The van der Waals surface area contributed by atoms with Crippen LogP contribution in [0.3, 0.4) is 0 Å². The van der Waals surface area contributed by atoms with Gasteiger partial charge in [0.15, 0.2) is 0 Å². The minimum Gasteiger partial charge on any atom is -0.444 e. The van der Waals surface area contributed by atoms with E-state index >= 15 is 0 Å². The molecule has 0 radical (unpaired) electrons. The van der Waals surface area contributed by atoms with Gasteiger partial charge in [0.1, 0.15) is 23.7 Å². The molecule has 0 atom stereocenters. The molecule has 2 aromatic rings. The standard InChI is InChI=1S/C17H25N7O2/c1-12-13(2)26-16(20-12)10-23-5-7-24(8-6-23)17(25)21-14-9-15(22(3)4)19-11-18-14/h9,11H,5-8,10H2,1-4H3,(H,18,19,21,25). The van der Waals surface area contributed by atoms with Crippen molar-refractivity contribution in [2.75, 3.05) is 50.5 Å². The molecule has 1 saturated heterocycles. The zero-order chi connectivity index (χ0) is 18.7. The van der Waals surface area contributed by atoms with Crippen molar-refractivity contribution in [3.63, 3.8) is 0 Å². The van der Waals surface area contributed by atoms with Gasteiger partial charge in [0.25, 0.3) is 0 Å². The Labute approximate surface area is 153 Å². The first-order valence-electron chi connectivity index (χ1n) is 8.63. The van der Waals surface area contributed by atoms with Crippen molar-refractivity contribution in [1.82, 2.24) is 24.8 Å². The van der Waals surface area contributed by atoms with E-state index in [-0.39, 0.29) is 6.03 Å². The van der Waals surface area contributed by atoms with E-state index in [4.69, 9.17) is 4.42 Å². The largest absolute Gasteiger partial charge is 0.444 e. The van der Waals surface area contributed by atoms with E-state index in [1.165, 1.54) is 6.33 Å². The van der Waals surface area contributed by atoms with Crippen LogP contribution in [-0.2, 0) is 6.54 Å². The highest BCUT2D eigenvalue weighted by Gasteiger charge is 2.22. The fraction of sp³-hybridized carbons (Fsp3) is 0.529. The second-order valence-electron chi connectivity index (χ2n) is 6.60. The molecule has 2 aromatic heterocycles. The molecule has 1 N–H and O–H groups in total. The van der Waals surface area contributed by atoms with Crippen LogP contribution in [0.5, 0.6) is 0 Å². The van der Waals surface area contributed by atoms with Gasteiger partial charge in [-0.3, -0.25) is 10.2 Å². The molecule has 1 fully saturated rings. The van der Waals surface area contributed by atoms with Gasteiger partial charge >= 0.3 is 6.03 Å². The lowest BCUT2D eigenvalue weighted by molar-refractivity contribution is 0.135. The monoisotopic (exact) mass is 359 g/mol. The third-order valence-corrected chi connectivity index (χ3v) is 4.44. The molecular weight excluding hydrogens is 334 g/mol. The summed E-state index contributed by atoms with van der Waals surface area (Å²) in [5.41, 5.74) is 0.931. The van der Waals surface area contributed by atoms with Gasteiger partial charge in [-0.05, 0) is 13.8 Å². The van der Waals surface area contributed by atoms with Gasteiger partial charge < -0.3 is 14.2 Å². The van der Waals surface area contributed by atoms with Crippen LogP contribution in [-0.4, -0.2) is 71.1 Å². The van der Waals surface area contributed by atoms with E-state index in [1.54, 1.807) is 11.0 Å². The lowest BCUT2D eigenvalue weighted by Gasteiger charge is -2.33. The number of oxazole rings is 1. The van der Waals surface area contributed by atoms with Gasteiger partial charge in [0.05, 0.1) is 12.2 Å². The number of amides is 2.